The molecule has 2 rings (SSSR count). The van der Waals surface area contributed by atoms with Crippen molar-refractivity contribution in [3.05, 3.63) is 35.6 Å². The Morgan fingerprint density at radius 3 is 2.75 bits per heavy atom. The molecule has 0 unspecified atom stereocenters. The summed E-state index contributed by atoms with van der Waals surface area (Å²) >= 11 is 0. The number of aryl methyl sites for hydroxylation is 1. The number of rotatable bonds is 5. The Morgan fingerprint density at radius 1 is 1.38 bits per heavy atom. The van der Waals surface area contributed by atoms with Crippen molar-refractivity contribution >= 4 is 22.8 Å². The minimum atomic E-state index is -0.956. The summed E-state index contributed by atoms with van der Waals surface area (Å²) in [6, 6.07) is 7.75. The number of nitriles is 1. The maximum absolute atomic E-state index is 12.0. The van der Waals surface area contributed by atoms with Crippen LogP contribution < -0.4 is 0 Å². The molecule has 0 N–H and O–H groups in total. The number of likely N-dealkylation sites (N-methyl/N-ethyl adjacent to an activating group) is 1. The molecule has 0 saturated carbocycles. The lowest BCUT2D eigenvalue weighted by molar-refractivity contribution is -0.152. The monoisotopic (exact) mass is 328 g/mol. The molecule has 0 spiro atoms. The third-order valence-electron chi connectivity index (χ3n) is 3.99. The van der Waals surface area contributed by atoms with E-state index in [1.165, 1.54) is 18.2 Å². The first-order valence-electron chi connectivity index (χ1n) is 7.55. The minimum absolute atomic E-state index is 0.0225. The SMILES string of the molecule is Cc1ccc2c(CC(=O)OCC(=O)N(C)C(C)(C)C#N)coc2c1. The molecule has 0 fully saturated rings. The molecule has 1 heterocycles. The van der Waals surface area contributed by atoms with Crippen LogP contribution in [0.3, 0.4) is 0 Å². The molecule has 126 valence electrons. The molecule has 6 heteroatoms. The average molecular weight is 328 g/mol. The van der Waals surface area contributed by atoms with Crippen molar-refractivity contribution in [1.29, 1.82) is 5.26 Å². The highest BCUT2D eigenvalue weighted by Gasteiger charge is 2.27. The van der Waals surface area contributed by atoms with Gasteiger partial charge in [0.25, 0.3) is 5.91 Å². The van der Waals surface area contributed by atoms with Crippen LogP contribution in [-0.2, 0) is 20.7 Å². The van der Waals surface area contributed by atoms with Gasteiger partial charge in [-0.3, -0.25) is 9.59 Å². The van der Waals surface area contributed by atoms with Gasteiger partial charge in [0, 0.05) is 18.0 Å². The Balaban J connectivity index is 1.96. The molecule has 0 bridgehead atoms. The molecule has 0 radical (unpaired) electrons. The summed E-state index contributed by atoms with van der Waals surface area (Å²) in [7, 11) is 1.51. The van der Waals surface area contributed by atoms with Crippen molar-refractivity contribution in [2.45, 2.75) is 32.7 Å². The van der Waals surface area contributed by atoms with Crippen LogP contribution >= 0.6 is 0 Å². The van der Waals surface area contributed by atoms with E-state index in [-0.39, 0.29) is 6.42 Å². The van der Waals surface area contributed by atoms with Gasteiger partial charge in [0.15, 0.2) is 6.61 Å². The van der Waals surface area contributed by atoms with Crippen molar-refractivity contribution in [1.82, 2.24) is 4.90 Å². The second-order valence-corrected chi connectivity index (χ2v) is 6.22. The van der Waals surface area contributed by atoms with Crippen LogP contribution in [0.5, 0.6) is 0 Å². The van der Waals surface area contributed by atoms with Crippen LogP contribution in [0, 0.1) is 18.3 Å². The second-order valence-electron chi connectivity index (χ2n) is 6.22. The molecule has 6 nitrogen and oxygen atoms in total. The van der Waals surface area contributed by atoms with Gasteiger partial charge in [0.05, 0.1) is 18.8 Å². The zero-order chi connectivity index (χ0) is 17.9. The first kappa shape index (κ1) is 17.5. The van der Waals surface area contributed by atoms with E-state index in [0.717, 1.165) is 10.9 Å². The largest absolute Gasteiger partial charge is 0.464 e. The van der Waals surface area contributed by atoms with Crippen LogP contribution in [0.15, 0.2) is 28.9 Å². The van der Waals surface area contributed by atoms with Crippen molar-refractivity contribution in [2.24, 2.45) is 0 Å². The van der Waals surface area contributed by atoms with E-state index in [0.29, 0.717) is 11.1 Å². The van der Waals surface area contributed by atoms with Crippen molar-refractivity contribution in [3.63, 3.8) is 0 Å². The van der Waals surface area contributed by atoms with Gasteiger partial charge >= 0.3 is 5.97 Å². The van der Waals surface area contributed by atoms with Crippen molar-refractivity contribution < 1.29 is 18.7 Å². The number of carbonyl (C=O) groups excluding carboxylic acids is 2. The molecule has 0 aliphatic heterocycles. The van der Waals surface area contributed by atoms with Gasteiger partial charge in [-0.2, -0.15) is 5.26 Å². The lowest BCUT2D eigenvalue weighted by Gasteiger charge is -2.28. The fourth-order valence-electron chi connectivity index (χ4n) is 2.16. The van der Waals surface area contributed by atoms with Crippen LogP contribution in [0.4, 0.5) is 0 Å². The second kappa shape index (κ2) is 6.75. The lowest BCUT2D eigenvalue weighted by Crippen LogP contribution is -2.45. The Kier molecular flexibility index (Phi) is 4.93. The molecule has 0 aliphatic rings. The summed E-state index contributed by atoms with van der Waals surface area (Å²) in [6.07, 6.45) is 1.55. The first-order chi connectivity index (χ1) is 11.2. The van der Waals surface area contributed by atoms with E-state index >= 15 is 0 Å². The summed E-state index contributed by atoms with van der Waals surface area (Å²) in [4.78, 5) is 25.2. The summed E-state index contributed by atoms with van der Waals surface area (Å²) in [5.41, 5.74) is 1.54. The zero-order valence-corrected chi connectivity index (χ0v) is 14.3. The highest BCUT2D eigenvalue weighted by atomic mass is 16.5. The van der Waals surface area contributed by atoms with E-state index in [1.54, 1.807) is 13.8 Å². The molecule has 1 amide bonds. The van der Waals surface area contributed by atoms with Gasteiger partial charge < -0.3 is 14.1 Å². The fourth-order valence-corrected chi connectivity index (χ4v) is 2.16. The number of ether oxygens (including phenoxy) is 1. The van der Waals surface area contributed by atoms with Gasteiger partial charge in [-0.1, -0.05) is 12.1 Å². The van der Waals surface area contributed by atoms with Gasteiger partial charge in [-0.05, 0) is 32.4 Å². The number of fused-ring (bicyclic) bond motifs is 1. The van der Waals surface area contributed by atoms with Gasteiger partial charge in [0.1, 0.15) is 11.1 Å². The van der Waals surface area contributed by atoms with Crippen molar-refractivity contribution in [3.8, 4) is 6.07 Å². The highest BCUT2D eigenvalue weighted by Crippen LogP contribution is 2.23. The predicted molar refractivity (Wildman–Crippen MR) is 88.1 cm³/mol. The molecular formula is C18H20N2O4. The fraction of sp³-hybridized carbons (Fsp3) is 0.389. The topological polar surface area (TPSA) is 83.5 Å². The number of amides is 1. The first-order valence-corrected chi connectivity index (χ1v) is 7.55. The average Bonchev–Trinajstić information content (AvgIpc) is 2.93. The molecule has 0 aliphatic carbocycles. The standard InChI is InChI=1S/C18H20N2O4/c1-12-5-6-14-13(9-23-15(14)7-12)8-17(22)24-10-16(21)20(4)18(2,3)11-19/h5-7,9H,8,10H2,1-4H3. The molecule has 1 aromatic carbocycles. The maximum Gasteiger partial charge on any atom is 0.310 e. The summed E-state index contributed by atoms with van der Waals surface area (Å²) < 4.78 is 10.5. The van der Waals surface area contributed by atoms with Crippen LogP contribution in [-0.4, -0.2) is 36.0 Å². The van der Waals surface area contributed by atoms with E-state index in [2.05, 4.69) is 0 Å². The smallest absolute Gasteiger partial charge is 0.310 e. The van der Waals surface area contributed by atoms with Crippen LogP contribution in [0.25, 0.3) is 11.0 Å². The Bertz CT molecular complexity index is 814. The third kappa shape index (κ3) is 3.74. The molecule has 1 aromatic heterocycles. The molecular weight excluding hydrogens is 308 g/mol. The number of furan rings is 1. The number of benzene rings is 1. The van der Waals surface area contributed by atoms with E-state index < -0.39 is 24.0 Å². The summed E-state index contributed by atoms with van der Waals surface area (Å²) in [5.74, 6) is -0.947. The van der Waals surface area contributed by atoms with Gasteiger partial charge in [-0.25, -0.2) is 0 Å². The number of esters is 1. The molecule has 2 aromatic rings. The number of nitrogens with zero attached hydrogens (tertiary/aromatic N) is 2. The Hall–Kier alpha value is -2.81. The van der Waals surface area contributed by atoms with Gasteiger partial charge in [0.2, 0.25) is 0 Å². The number of hydrogen-bond donors (Lipinski definition) is 0. The van der Waals surface area contributed by atoms with Crippen LogP contribution in [0.2, 0.25) is 0 Å². The normalized spacial score (nSPS) is 11.1. The quantitative estimate of drug-likeness (QED) is 0.788. The Morgan fingerprint density at radius 2 is 2.08 bits per heavy atom. The Labute approximate surface area is 140 Å². The predicted octanol–water partition coefficient (Wildman–Crippen LogP) is 2.59. The molecule has 0 atom stereocenters. The number of hydrogen-bond acceptors (Lipinski definition) is 5. The van der Waals surface area contributed by atoms with Gasteiger partial charge in [-0.15, -0.1) is 0 Å². The lowest BCUT2D eigenvalue weighted by atomic mass is 10.1. The third-order valence-corrected chi connectivity index (χ3v) is 3.99. The van der Waals surface area contributed by atoms with Crippen LogP contribution in [0.1, 0.15) is 25.0 Å². The summed E-state index contributed by atoms with van der Waals surface area (Å²) in [6.45, 7) is 4.80. The number of carbonyl (C=O) groups is 2. The minimum Gasteiger partial charge on any atom is -0.464 e. The van der Waals surface area contributed by atoms with E-state index in [1.807, 2.05) is 31.2 Å². The molecule has 0 saturated heterocycles. The van der Waals surface area contributed by atoms with E-state index in [4.69, 9.17) is 14.4 Å². The van der Waals surface area contributed by atoms with E-state index in [9.17, 15) is 9.59 Å². The van der Waals surface area contributed by atoms with Crippen molar-refractivity contribution in [2.75, 3.05) is 13.7 Å². The molecule has 24 heavy (non-hydrogen) atoms. The summed E-state index contributed by atoms with van der Waals surface area (Å²) in [5, 5.41) is 9.87. The maximum atomic E-state index is 12.0. The highest BCUT2D eigenvalue weighted by molar-refractivity contribution is 5.87. The zero-order valence-electron chi connectivity index (χ0n) is 14.3.